The molecule has 1 N–H and O–H groups in total. The van der Waals surface area contributed by atoms with Crippen LogP contribution < -0.4 is 0 Å². The summed E-state index contributed by atoms with van der Waals surface area (Å²) in [5, 5.41) is 8.93. The van der Waals surface area contributed by atoms with Gasteiger partial charge in [0, 0.05) is 0 Å². The Labute approximate surface area is 49.3 Å². The van der Waals surface area contributed by atoms with Gasteiger partial charge in [-0.25, -0.2) is 0 Å². The minimum atomic E-state index is -0.284. The molecule has 1 nitrogen and oxygen atoms in total. The van der Waals surface area contributed by atoms with Crippen LogP contribution in [0.5, 0.6) is 0 Å². The van der Waals surface area contributed by atoms with Gasteiger partial charge in [0.15, 0.2) is 0 Å². The van der Waals surface area contributed by atoms with Crippen molar-refractivity contribution in [3.8, 4) is 0 Å². The van der Waals surface area contributed by atoms with E-state index in [-0.39, 0.29) is 6.10 Å². The summed E-state index contributed by atoms with van der Waals surface area (Å²) in [6.45, 7) is 1.78. The standard InChI is InChI=1S/C7H10O/c1-6(8)7-4-2-3-5-7/h2,4-6,8H,3H2,1H3. The monoisotopic (exact) mass is 110 g/mol. The Morgan fingerprint density at radius 1 is 1.75 bits per heavy atom. The normalized spacial score (nSPS) is 21.0. The minimum absolute atomic E-state index is 0.284. The molecule has 0 radical (unpaired) electrons. The third kappa shape index (κ3) is 0.984. The third-order valence-corrected chi connectivity index (χ3v) is 1.28. The van der Waals surface area contributed by atoms with Crippen LogP contribution in [0.1, 0.15) is 13.3 Å². The van der Waals surface area contributed by atoms with Gasteiger partial charge < -0.3 is 5.11 Å². The molecule has 1 rings (SSSR count). The van der Waals surface area contributed by atoms with E-state index in [2.05, 4.69) is 0 Å². The maximum atomic E-state index is 8.93. The van der Waals surface area contributed by atoms with Crippen LogP contribution in [-0.4, -0.2) is 11.2 Å². The molecule has 0 aromatic heterocycles. The molecule has 0 spiro atoms. The van der Waals surface area contributed by atoms with Gasteiger partial charge in [0.1, 0.15) is 0 Å². The first-order chi connectivity index (χ1) is 3.80. The molecule has 0 saturated carbocycles. The highest BCUT2D eigenvalue weighted by Crippen LogP contribution is 2.11. The second-order valence-electron chi connectivity index (χ2n) is 2.02. The van der Waals surface area contributed by atoms with Crippen molar-refractivity contribution < 1.29 is 5.11 Å². The van der Waals surface area contributed by atoms with Gasteiger partial charge in [-0.15, -0.1) is 0 Å². The molecule has 44 valence electrons. The highest BCUT2D eigenvalue weighted by atomic mass is 16.3. The molecule has 0 fully saturated rings. The molecule has 0 saturated heterocycles. The Hall–Kier alpha value is -0.560. The molecule has 1 heteroatoms. The van der Waals surface area contributed by atoms with Gasteiger partial charge in [-0.2, -0.15) is 0 Å². The Morgan fingerprint density at radius 2 is 2.50 bits per heavy atom. The summed E-state index contributed by atoms with van der Waals surface area (Å²) >= 11 is 0. The molecule has 1 aliphatic carbocycles. The van der Waals surface area contributed by atoms with Gasteiger partial charge in [0.25, 0.3) is 0 Å². The van der Waals surface area contributed by atoms with Gasteiger partial charge in [0.2, 0.25) is 0 Å². The summed E-state index contributed by atoms with van der Waals surface area (Å²) in [7, 11) is 0. The molecule has 0 aromatic carbocycles. The van der Waals surface area contributed by atoms with E-state index < -0.39 is 0 Å². The Balaban J connectivity index is 2.58. The van der Waals surface area contributed by atoms with Gasteiger partial charge >= 0.3 is 0 Å². The van der Waals surface area contributed by atoms with E-state index in [0.717, 1.165) is 12.0 Å². The van der Waals surface area contributed by atoms with Crippen molar-refractivity contribution in [1.82, 2.24) is 0 Å². The fourth-order valence-electron chi connectivity index (χ4n) is 0.786. The van der Waals surface area contributed by atoms with Crippen LogP contribution in [0.3, 0.4) is 0 Å². The number of allylic oxidation sites excluding steroid dienone is 2. The second-order valence-corrected chi connectivity index (χ2v) is 2.02. The Bertz CT molecular complexity index is 131. The average molecular weight is 110 g/mol. The van der Waals surface area contributed by atoms with E-state index in [4.69, 9.17) is 5.11 Å². The van der Waals surface area contributed by atoms with Crippen LogP contribution in [-0.2, 0) is 0 Å². The largest absolute Gasteiger partial charge is 0.389 e. The first-order valence-electron chi connectivity index (χ1n) is 2.85. The van der Waals surface area contributed by atoms with Crippen LogP contribution in [0.2, 0.25) is 0 Å². The molecule has 0 bridgehead atoms. The van der Waals surface area contributed by atoms with Crippen molar-refractivity contribution >= 4 is 0 Å². The van der Waals surface area contributed by atoms with E-state index in [1.54, 1.807) is 6.92 Å². The molecular weight excluding hydrogens is 100 g/mol. The highest BCUT2D eigenvalue weighted by Gasteiger charge is 2.01. The van der Waals surface area contributed by atoms with Crippen molar-refractivity contribution in [2.24, 2.45) is 0 Å². The Morgan fingerprint density at radius 3 is 2.75 bits per heavy atom. The van der Waals surface area contributed by atoms with Crippen LogP contribution in [0.15, 0.2) is 23.8 Å². The van der Waals surface area contributed by atoms with Crippen LogP contribution in [0.4, 0.5) is 0 Å². The number of aliphatic hydroxyl groups excluding tert-OH is 1. The van der Waals surface area contributed by atoms with E-state index in [0.29, 0.717) is 0 Å². The lowest BCUT2D eigenvalue weighted by atomic mass is 10.2. The summed E-state index contributed by atoms with van der Waals surface area (Å²) in [5.74, 6) is 0. The van der Waals surface area contributed by atoms with Crippen LogP contribution in [0.25, 0.3) is 0 Å². The van der Waals surface area contributed by atoms with E-state index >= 15 is 0 Å². The molecule has 0 amide bonds. The zero-order valence-electron chi connectivity index (χ0n) is 4.96. The zero-order chi connectivity index (χ0) is 5.98. The summed E-state index contributed by atoms with van der Waals surface area (Å²) in [4.78, 5) is 0. The lowest BCUT2D eigenvalue weighted by molar-refractivity contribution is 0.235. The average Bonchev–Trinajstić information content (AvgIpc) is 2.12. The number of hydrogen-bond acceptors (Lipinski definition) is 1. The zero-order valence-corrected chi connectivity index (χ0v) is 4.96. The van der Waals surface area contributed by atoms with Crippen molar-refractivity contribution in [3.05, 3.63) is 23.8 Å². The minimum Gasteiger partial charge on any atom is -0.389 e. The van der Waals surface area contributed by atoms with Crippen LogP contribution in [0, 0.1) is 0 Å². The van der Waals surface area contributed by atoms with E-state index in [1.807, 2.05) is 18.2 Å². The maximum Gasteiger partial charge on any atom is 0.0758 e. The fourth-order valence-corrected chi connectivity index (χ4v) is 0.786. The molecule has 1 unspecified atom stereocenters. The van der Waals surface area contributed by atoms with Gasteiger partial charge in [-0.3, -0.25) is 0 Å². The summed E-state index contributed by atoms with van der Waals surface area (Å²) < 4.78 is 0. The summed E-state index contributed by atoms with van der Waals surface area (Å²) in [6, 6.07) is 0. The molecular formula is C7H10O. The van der Waals surface area contributed by atoms with E-state index in [9.17, 15) is 0 Å². The number of rotatable bonds is 1. The quantitative estimate of drug-likeness (QED) is 0.538. The van der Waals surface area contributed by atoms with Crippen molar-refractivity contribution in [1.29, 1.82) is 0 Å². The van der Waals surface area contributed by atoms with Crippen molar-refractivity contribution in [2.75, 3.05) is 0 Å². The highest BCUT2D eigenvalue weighted by molar-refractivity contribution is 5.28. The second kappa shape index (κ2) is 2.14. The number of aliphatic hydroxyl groups is 1. The summed E-state index contributed by atoms with van der Waals surface area (Å²) in [5.41, 5.74) is 1.05. The SMILES string of the molecule is CC(O)C1=CCC=C1. The first-order valence-corrected chi connectivity index (χ1v) is 2.85. The third-order valence-electron chi connectivity index (χ3n) is 1.28. The lowest BCUT2D eigenvalue weighted by Gasteiger charge is -1.99. The maximum absolute atomic E-state index is 8.93. The predicted molar refractivity (Wildman–Crippen MR) is 33.5 cm³/mol. The topological polar surface area (TPSA) is 20.2 Å². The van der Waals surface area contributed by atoms with Crippen molar-refractivity contribution in [2.45, 2.75) is 19.4 Å². The molecule has 8 heavy (non-hydrogen) atoms. The first kappa shape index (κ1) is 5.57. The van der Waals surface area contributed by atoms with Crippen molar-refractivity contribution in [3.63, 3.8) is 0 Å². The van der Waals surface area contributed by atoms with Crippen LogP contribution >= 0.6 is 0 Å². The molecule has 0 aliphatic heterocycles. The smallest absolute Gasteiger partial charge is 0.0758 e. The predicted octanol–water partition coefficient (Wildman–Crippen LogP) is 1.25. The van der Waals surface area contributed by atoms with E-state index in [1.165, 1.54) is 0 Å². The fraction of sp³-hybridized carbons (Fsp3) is 0.429. The lowest BCUT2D eigenvalue weighted by Crippen LogP contribution is -1.99. The number of hydrogen-bond donors (Lipinski definition) is 1. The molecule has 1 atom stereocenters. The molecule has 0 heterocycles. The molecule has 1 aliphatic rings. The Kier molecular flexibility index (Phi) is 1.49. The molecule has 0 aromatic rings. The summed E-state index contributed by atoms with van der Waals surface area (Å²) in [6.07, 6.45) is 6.74. The van der Waals surface area contributed by atoms with Gasteiger partial charge in [0.05, 0.1) is 6.10 Å². The van der Waals surface area contributed by atoms with Gasteiger partial charge in [-0.05, 0) is 18.9 Å². The van der Waals surface area contributed by atoms with Gasteiger partial charge in [-0.1, -0.05) is 18.2 Å².